The molecule has 20 heavy (non-hydrogen) atoms. The van der Waals surface area contributed by atoms with Crippen molar-refractivity contribution in [1.29, 1.82) is 5.26 Å². The largest absolute Gasteiger partial charge is 0.343 e. The first kappa shape index (κ1) is 12.9. The molecular formula is C16H10BrFN2. The predicted molar refractivity (Wildman–Crippen MR) is 79.9 cm³/mol. The number of nitrogens with zero attached hydrogens (tertiary/aromatic N) is 2. The van der Waals surface area contributed by atoms with Gasteiger partial charge in [-0.15, -0.1) is 0 Å². The van der Waals surface area contributed by atoms with Crippen LogP contribution in [-0.4, -0.2) is 4.57 Å². The van der Waals surface area contributed by atoms with Crippen LogP contribution in [0.4, 0.5) is 4.39 Å². The summed E-state index contributed by atoms with van der Waals surface area (Å²) in [6.07, 6.45) is 1.95. The normalized spacial score (nSPS) is 10.7. The van der Waals surface area contributed by atoms with Gasteiger partial charge < -0.3 is 4.57 Å². The van der Waals surface area contributed by atoms with Gasteiger partial charge in [0.05, 0.1) is 11.6 Å². The molecule has 1 heterocycles. The molecule has 0 aliphatic carbocycles. The van der Waals surface area contributed by atoms with Crippen LogP contribution in [0.15, 0.2) is 53.1 Å². The molecule has 98 valence electrons. The van der Waals surface area contributed by atoms with Crippen molar-refractivity contribution in [2.45, 2.75) is 6.54 Å². The third-order valence-corrected chi connectivity index (χ3v) is 4.03. The van der Waals surface area contributed by atoms with Crippen molar-refractivity contribution >= 4 is 26.8 Å². The van der Waals surface area contributed by atoms with Gasteiger partial charge in [0.2, 0.25) is 0 Å². The lowest BCUT2D eigenvalue weighted by atomic mass is 10.1. The molecule has 3 rings (SSSR count). The molecule has 0 aliphatic heterocycles. The number of hydrogen-bond acceptors (Lipinski definition) is 1. The third kappa shape index (κ3) is 2.21. The van der Waals surface area contributed by atoms with Gasteiger partial charge in [-0.05, 0) is 35.9 Å². The molecule has 0 aliphatic rings. The van der Waals surface area contributed by atoms with Gasteiger partial charge in [-0.25, -0.2) is 4.39 Å². The Morgan fingerprint density at radius 1 is 1.20 bits per heavy atom. The van der Waals surface area contributed by atoms with Crippen LogP contribution < -0.4 is 0 Å². The average Bonchev–Trinajstić information content (AvgIpc) is 2.85. The molecule has 0 bridgehead atoms. The molecular weight excluding hydrogens is 319 g/mol. The number of rotatable bonds is 2. The van der Waals surface area contributed by atoms with Crippen LogP contribution in [0.3, 0.4) is 0 Å². The standard InChI is InChI=1S/C16H10BrFN2/c17-15-8-13(18)5-4-12(15)10-20-7-6-14-11(9-19)2-1-3-16(14)20/h1-8H,10H2. The summed E-state index contributed by atoms with van der Waals surface area (Å²) >= 11 is 3.38. The molecule has 3 aromatic rings. The van der Waals surface area contributed by atoms with E-state index in [2.05, 4.69) is 22.0 Å². The van der Waals surface area contributed by atoms with Gasteiger partial charge in [-0.3, -0.25) is 0 Å². The maximum atomic E-state index is 13.1. The predicted octanol–water partition coefficient (Wildman–Crippen LogP) is 4.46. The van der Waals surface area contributed by atoms with E-state index in [-0.39, 0.29) is 5.82 Å². The Balaban J connectivity index is 2.06. The smallest absolute Gasteiger partial charge is 0.124 e. The van der Waals surface area contributed by atoms with Crippen LogP contribution in [0.1, 0.15) is 11.1 Å². The maximum Gasteiger partial charge on any atom is 0.124 e. The molecule has 1 aromatic heterocycles. The number of halogens is 2. The van der Waals surface area contributed by atoms with Crippen molar-refractivity contribution in [3.05, 3.63) is 70.1 Å². The minimum Gasteiger partial charge on any atom is -0.343 e. The lowest BCUT2D eigenvalue weighted by Crippen LogP contribution is -1.99. The van der Waals surface area contributed by atoms with E-state index in [0.717, 1.165) is 20.9 Å². The molecule has 0 saturated carbocycles. The van der Waals surface area contributed by atoms with E-state index in [1.54, 1.807) is 12.1 Å². The van der Waals surface area contributed by atoms with Gasteiger partial charge in [-0.1, -0.05) is 28.1 Å². The molecule has 0 fully saturated rings. The van der Waals surface area contributed by atoms with Crippen molar-refractivity contribution in [2.24, 2.45) is 0 Å². The lowest BCUT2D eigenvalue weighted by molar-refractivity contribution is 0.625. The van der Waals surface area contributed by atoms with E-state index < -0.39 is 0 Å². The summed E-state index contributed by atoms with van der Waals surface area (Å²) in [5.41, 5.74) is 2.66. The summed E-state index contributed by atoms with van der Waals surface area (Å²) in [4.78, 5) is 0. The summed E-state index contributed by atoms with van der Waals surface area (Å²) < 4.78 is 15.9. The minimum atomic E-state index is -0.259. The molecule has 0 amide bonds. The topological polar surface area (TPSA) is 28.7 Å². The van der Waals surface area contributed by atoms with Crippen molar-refractivity contribution in [1.82, 2.24) is 4.57 Å². The number of fused-ring (bicyclic) bond motifs is 1. The summed E-state index contributed by atoms with van der Waals surface area (Å²) in [7, 11) is 0. The van der Waals surface area contributed by atoms with Crippen molar-refractivity contribution < 1.29 is 4.39 Å². The SMILES string of the molecule is N#Cc1cccc2c1ccn2Cc1ccc(F)cc1Br. The van der Waals surface area contributed by atoms with Gasteiger partial charge in [0, 0.05) is 28.1 Å². The van der Waals surface area contributed by atoms with E-state index in [1.165, 1.54) is 12.1 Å². The summed E-state index contributed by atoms with van der Waals surface area (Å²) in [6, 6.07) is 14.5. The van der Waals surface area contributed by atoms with Crippen LogP contribution in [0.5, 0.6) is 0 Å². The third-order valence-electron chi connectivity index (χ3n) is 3.29. The van der Waals surface area contributed by atoms with Gasteiger partial charge in [0.25, 0.3) is 0 Å². The van der Waals surface area contributed by atoms with E-state index in [4.69, 9.17) is 5.26 Å². The average molecular weight is 329 g/mol. The Morgan fingerprint density at radius 2 is 2.05 bits per heavy atom. The Bertz CT molecular complexity index is 830. The van der Waals surface area contributed by atoms with E-state index >= 15 is 0 Å². The highest BCUT2D eigenvalue weighted by Gasteiger charge is 2.07. The van der Waals surface area contributed by atoms with Crippen molar-refractivity contribution in [3.8, 4) is 6.07 Å². The lowest BCUT2D eigenvalue weighted by Gasteiger charge is -2.08. The fourth-order valence-corrected chi connectivity index (χ4v) is 2.77. The zero-order valence-electron chi connectivity index (χ0n) is 10.5. The first-order chi connectivity index (χ1) is 9.69. The minimum absolute atomic E-state index is 0.259. The summed E-state index contributed by atoms with van der Waals surface area (Å²) in [5.74, 6) is -0.259. The van der Waals surface area contributed by atoms with E-state index in [0.29, 0.717) is 12.1 Å². The molecule has 0 atom stereocenters. The van der Waals surface area contributed by atoms with Crippen molar-refractivity contribution in [2.75, 3.05) is 0 Å². The zero-order valence-corrected chi connectivity index (χ0v) is 12.1. The van der Waals surface area contributed by atoms with E-state index in [1.807, 2.05) is 29.0 Å². The fourth-order valence-electron chi connectivity index (χ4n) is 2.29. The Labute approximate surface area is 124 Å². The fraction of sp³-hybridized carbons (Fsp3) is 0.0625. The van der Waals surface area contributed by atoms with E-state index in [9.17, 15) is 4.39 Å². The highest BCUT2D eigenvalue weighted by molar-refractivity contribution is 9.10. The quantitative estimate of drug-likeness (QED) is 0.682. The summed E-state index contributed by atoms with van der Waals surface area (Å²) in [6.45, 7) is 0.624. The van der Waals surface area contributed by atoms with Crippen LogP contribution in [0, 0.1) is 17.1 Å². The number of aromatic nitrogens is 1. The second kappa shape index (κ2) is 5.10. The molecule has 0 N–H and O–H groups in total. The molecule has 0 radical (unpaired) electrons. The maximum absolute atomic E-state index is 13.1. The highest BCUT2D eigenvalue weighted by Crippen LogP contribution is 2.24. The van der Waals surface area contributed by atoms with Crippen LogP contribution in [0.2, 0.25) is 0 Å². The molecule has 2 nitrogen and oxygen atoms in total. The number of nitriles is 1. The first-order valence-corrected chi connectivity index (χ1v) is 6.90. The molecule has 0 saturated heterocycles. The van der Waals surface area contributed by atoms with Crippen LogP contribution in [-0.2, 0) is 6.54 Å². The van der Waals surface area contributed by atoms with Gasteiger partial charge in [0.1, 0.15) is 5.82 Å². The van der Waals surface area contributed by atoms with Gasteiger partial charge >= 0.3 is 0 Å². The van der Waals surface area contributed by atoms with Crippen molar-refractivity contribution in [3.63, 3.8) is 0 Å². The molecule has 2 aromatic carbocycles. The second-order valence-electron chi connectivity index (χ2n) is 4.53. The monoisotopic (exact) mass is 328 g/mol. The molecule has 0 unspecified atom stereocenters. The van der Waals surface area contributed by atoms with Gasteiger partial charge in [-0.2, -0.15) is 5.26 Å². The van der Waals surface area contributed by atoms with Crippen LogP contribution in [0.25, 0.3) is 10.9 Å². The Morgan fingerprint density at radius 3 is 2.80 bits per heavy atom. The highest BCUT2D eigenvalue weighted by atomic mass is 79.9. The van der Waals surface area contributed by atoms with Crippen LogP contribution >= 0.6 is 15.9 Å². The number of benzene rings is 2. The molecule has 4 heteroatoms. The Hall–Kier alpha value is -2.12. The Kier molecular flexibility index (Phi) is 3.29. The first-order valence-electron chi connectivity index (χ1n) is 6.11. The van der Waals surface area contributed by atoms with Gasteiger partial charge in [0.15, 0.2) is 0 Å². The second-order valence-corrected chi connectivity index (χ2v) is 5.38. The number of hydrogen-bond donors (Lipinski definition) is 0. The zero-order chi connectivity index (χ0) is 14.1. The summed E-state index contributed by atoms with van der Waals surface area (Å²) in [5, 5.41) is 10.0. The molecule has 0 spiro atoms.